The zero-order valence-electron chi connectivity index (χ0n) is 9.75. The number of primary amides is 1. The van der Waals surface area contributed by atoms with E-state index in [0.717, 1.165) is 6.42 Å². The highest BCUT2D eigenvalue weighted by Gasteiger charge is 2.31. The number of amides is 2. The summed E-state index contributed by atoms with van der Waals surface area (Å²) in [5, 5.41) is 0. The smallest absolute Gasteiger partial charge is 0.242 e. The van der Waals surface area contributed by atoms with Crippen molar-refractivity contribution in [3.63, 3.8) is 0 Å². The van der Waals surface area contributed by atoms with Crippen molar-refractivity contribution in [3.05, 3.63) is 0 Å². The average Bonchev–Trinajstić information content (AvgIpc) is 2.12. The normalized spacial score (nSPS) is 14.4. The molecule has 88 valence electrons. The molecule has 15 heavy (non-hydrogen) atoms. The van der Waals surface area contributed by atoms with Gasteiger partial charge in [0.1, 0.15) is 0 Å². The van der Waals surface area contributed by atoms with Gasteiger partial charge in [0.25, 0.3) is 0 Å². The lowest BCUT2D eigenvalue weighted by Gasteiger charge is -2.30. The van der Waals surface area contributed by atoms with Crippen LogP contribution in [0.1, 0.15) is 33.6 Å². The molecular weight excluding hydrogens is 194 g/mol. The van der Waals surface area contributed by atoms with Crippen molar-refractivity contribution < 1.29 is 9.59 Å². The molecule has 2 amide bonds. The van der Waals surface area contributed by atoms with Gasteiger partial charge in [-0.3, -0.25) is 9.59 Å². The Morgan fingerprint density at radius 1 is 1.33 bits per heavy atom. The number of hydrogen-bond acceptors (Lipinski definition) is 3. The van der Waals surface area contributed by atoms with Gasteiger partial charge in [-0.2, -0.15) is 0 Å². The van der Waals surface area contributed by atoms with Crippen LogP contribution >= 0.6 is 0 Å². The van der Waals surface area contributed by atoms with E-state index in [4.69, 9.17) is 11.5 Å². The van der Waals surface area contributed by atoms with E-state index >= 15 is 0 Å². The Balaban J connectivity index is 4.56. The second-order valence-corrected chi connectivity index (χ2v) is 3.95. The predicted octanol–water partition coefficient (Wildman–Crippen LogP) is -0.162. The number of nitrogens with zero attached hydrogens (tertiary/aromatic N) is 1. The van der Waals surface area contributed by atoms with Crippen LogP contribution in [0.2, 0.25) is 0 Å². The van der Waals surface area contributed by atoms with Gasteiger partial charge in [-0.25, -0.2) is 0 Å². The van der Waals surface area contributed by atoms with Crippen LogP contribution in [-0.2, 0) is 9.59 Å². The summed E-state index contributed by atoms with van der Waals surface area (Å²) in [5.41, 5.74) is 10.0. The first kappa shape index (κ1) is 13.9. The highest BCUT2D eigenvalue weighted by atomic mass is 16.2. The molecule has 4 N–H and O–H groups in total. The quantitative estimate of drug-likeness (QED) is 0.645. The summed E-state index contributed by atoms with van der Waals surface area (Å²) in [6, 6.07) is 0. The summed E-state index contributed by atoms with van der Waals surface area (Å²) in [5.74, 6) is -0.733. The molecule has 0 aliphatic heterocycles. The molecule has 1 unspecified atom stereocenters. The van der Waals surface area contributed by atoms with Crippen molar-refractivity contribution in [2.75, 3.05) is 13.1 Å². The molecule has 0 saturated heterocycles. The van der Waals surface area contributed by atoms with E-state index in [9.17, 15) is 9.59 Å². The van der Waals surface area contributed by atoms with Crippen LogP contribution in [0.25, 0.3) is 0 Å². The Bertz CT molecular complexity index is 239. The molecule has 0 heterocycles. The first-order valence-corrected chi connectivity index (χ1v) is 5.21. The number of hydrogen-bond donors (Lipinski definition) is 2. The molecule has 0 fully saturated rings. The third kappa shape index (κ3) is 4.29. The lowest BCUT2D eigenvalue weighted by molar-refractivity contribution is -0.139. The van der Waals surface area contributed by atoms with Crippen molar-refractivity contribution in [1.29, 1.82) is 0 Å². The fraction of sp³-hybridized carbons (Fsp3) is 0.800. The number of carbonyl (C=O) groups excluding carboxylic acids is 2. The van der Waals surface area contributed by atoms with Crippen molar-refractivity contribution in [2.45, 2.75) is 39.2 Å². The third-order valence-corrected chi connectivity index (χ3v) is 2.27. The molecule has 0 spiro atoms. The van der Waals surface area contributed by atoms with Crippen LogP contribution in [0.4, 0.5) is 0 Å². The van der Waals surface area contributed by atoms with Crippen LogP contribution in [0.15, 0.2) is 0 Å². The number of carbonyl (C=O) groups is 2. The molecule has 0 aliphatic rings. The minimum absolute atomic E-state index is 0.0637. The van der Waals surface area contributed by atoms with Gasteiger partial charge in [0.15, 0.2) is 0 Å². The topological polar surface area (TPSA) is 89.4 Å². The minimum Gasteiger partial charge on any atom is -0.368 e. The SMILES string of the molecule is CCCC(C)(N)C(=O)N(CC)CC(N)=O. The lowest BCUT2D eigenvalue weighted by atomic mass is 9.95. The Labute approximate surface area is 90.8 Å². The van der Waals surface area contributed by atoms with Crippen LogP contribution in [0, 0.1) is 0 Å². The maximum Gasteiger partial charge on any atom is 0.242 e. The van der Waals surface area contributed by atoms with Gasteiger partial charge < -0.3 is 16.4 Å². The first-order chi connectivity index (χ1) is 6.85. The van der Waals surface area contributed by atoms with E-state index in [-0.39, 0.29) is 12.5 Å². The number of nitrogens with two attached hydrogens (primary N) is 2. The lowest BCUT2D eigenvalue weighted by Crippen LogP contribution is -2.54. The van der Waals surface area contributed by atoms with Gasteiger partial charge in [0, 0.05) is 6.54 Å². The zero-order chi connectivity index (χ0) is 12.1. The molecule has 5 nitrogen and oxygen atoms in total. The molecule has 0 aromatic rings. The predicted molar refractivity (Wildman–Crippen MR) is 58.9 cm³/mol. The largest absolute Gasteiger partial charge is 0.368 e. The van der Waals surface area contributed by atoms with Crippen molar-refractivity contribution in [3.8, 4) is 0 Å². The Morgan fingerprint density at radius 2 is 1.87 bits per heavy atom. The van der Waals surface area contributed by atoms with Crippen LogP contribution in [-0.4, -0.2) is 35.3 Å². The molecule has 0 radical (unpaired) electrons. The van der Waals surface area contributed by atoms with Crippen molar-refractivity contribution >= 4 is 11.8 Å². The first-order valence-electron chi connectivity index (χ1n) is 5.21. The van der Waals surface area contributed by atoms with Gasteiger partial charge in [0.2, 0.25) is 11.8 Å². The standard InChI is InChI=1S/C10H21N3O2/c1-4-6-10(3,12)9(15)13(5-2)7-8(11)14/h4-7,12H2,1-3H3,(H2,11,14). The molecule has 0 saturated carbocycles. The van der Waals surface area contributed by atoms with Crippen LogP contribution in [0.3, 0.4) is 0 Å². The number of rotatable bonds is 6. The summed E-state index contributed by atoms with van der Waals surface area (Å²) < 4.78 is 0. The fourth-order valence-electron chi connectivity index (χ4n) is 1.50. The molecule has 0 aromatic heterocycles. The maximum absolute atomic E-state index is 11.9. The second-order valence-electron chi connectivity index (χ2n) is 3.95. The van der Waals surface area contributed by atoms with Crippen molar-refractivity contribution in [1.82, 2.24) is 4.90 Å². The molecule has 0 bridgehead atoms. The third-order valence-electron chi connectivity index (χ3n) is 2.27. The van der Waals surface area contributed by atoms with Gasteiger partial charge in [-0.15, -0.1) is 0 Å². The molecule has 0 aromatic carbocycles. The summed E-state index contributed by atoms with van der Waals surface area (Å²) in [7, 11) is 0. The zero-order valence-corrected chi connectivity index (χ0v) is 9.75. The van der Waals surface area contributed by atoms with E-state index < -0.39 is 11.4 Å². The van der Waals surface area contributed by atoms with E-state index in [1.54, 1.807) is 13.8 Å². The summed E-state index contributed by atoms with van der Waals surface area (Å²) in [6.45, 7) is 5.82. The van der Waals surface area contributed by atoms with E-state index in [2.05, 4.69) is 0 Å². The Kier molecular flexibility index (Phi) is 5.28. The Morgan fingerprint density at radius 3 is 2.20 bits per heavy atom. The van der Waals surface area contributed by atoms with Gasteiger partial charge in [-0.1, -0.05) is 13.3 Å². The molecule has 0 aliphatic carbocycles. The summed E-state index contributed by atoms with van der Waals surface area (Å²) in [6.07, 6.45) is 1.42. The highest BCUT2D eigenvalue weighted by molar-refractivity contribution is 5.89. The van der Waals surface area contributed by atoms with Gasteiger partial charge in [-0.05, 0) is 20.3 Å². The van der Waals surface area contributed by atoms with E-state index in [0.29, 0.717) is 13.0 Å². The second kappa shape index (κ2) is 5.70. The maximum atomic E-state index is 11.9. The molecule has 5 heteroatoms. The number of likely N-dealkylation sites (N-methyl/N-ethyl adjacent to an activating group) is 1. The fourth-order valence-corrected chi connectivity index (χ4v) is 1.50. The monoisotopic (exact) mass is 215 g/mol. The van der Waals surface area contributed by atoms with E-state index in [1.165, 1.54) is 4.90 Å². The average molecular weight is 215 g/mol. The summed E-state index contributed by atoms with van der Waals surface area (Å²) >= 11 is 0. The molecule has 0 rings (SSSR count). The minimum atomic E-state index is -0.903. The van der Waals surface area contributed by atoms with Gasteiger partial charge >= 0.3 is 0 Å². The highest BCUT2D eigenvalue weighted by Crippen LogP contribution is 2.12. The Hall–Kier alpha value is -1.10. The van der Waals surface area contributed by atoms with Crippen LogP contribution in [0.5, 0.6) is 0 Å². The molecule has 1 atom stereocenters. The van der Waals surface area contributed by atoms with Crippen molar-refractivity contribution in [2.24, 2.45) is 11.5 Å². The molecular formula is C10H21N3O2. The van der Waals surface area contributed by atoms with Crippen LogP contribution < -0.4 is 11.5 Å². The van der Waals surface area contributed by atoms with Gasteiger partial charge in [0.05, 0.1) is 12.1 Å². The van der Waals surface area contributed by atoms with E-state index in [1.807, 2.05) is 6.92 Å². The summed E-state index contributed by atoms with van der Waals surface area (Å²) in [4.78, 5) is 24.0.